The Morgan fingerprint density at radius 2 is 1.58 bits per heavy atom. The Balaban J connectivity index is 2.04. The third-order valence-corrected chi connectivity index (χ3v) is 3.52. The predicted molar refractivity (Wildman–Crippen MR) is 91.8 cm³/mol. The molecule has 2 N–H and O–H groups in total. The van der Waals surface area contributed by atoms with Crippen LogP contribution >= 0.6 is 0 Å². The molecule has 0 saturated carbocycles. The van der Waals surface area contributed by atoms with E-state index in [0.717, 1.165) is 6.07 Å². The Labute approximate surface area is 150 Å². The number of nitrogens with one attached hydrogen (secondary N) is 2. The maximum absolute atomic E-state index is 13.5. The lowest BCUT2D eigenvalue weighted by Crippen LogP contribution is -2.42. The molecular formula is C18H19FN2O5. The Morgan fingerprint density at radius 1 is 0.962 bits per heavy atom. The first-order valence-electron chi connectivity index (χ1n) is 7.62. The quantitative estimate of drug-likeness (QED) is 0.766. The van der Waals surface area contributed by atoms with Gasteiger partial charge in [-0.15, -0.1) is 0 Å². The molecule has 2 rings (SSSR count). The topological polar surface area (TPSA) is 85.9 Å². The lowest BCUT2D eigenvalue weighted by atomic mass is 10.1. The second kappa shape index (κ2) is 8.70. The van der Waals surface area contributed by atoms with Crippen LogP contribution in [0.25, 0.3) is 0 Å². The van der Waals surface area contributed by atoms with Crippen molar-refractivity contribution in [2.24, 2.45) is 0 Å². The summed E-state index contributed by atoms with van der Waals surface area (Å²) in [5.41, 5.74) is 4.83. The van der Waals surface area contributed by atoms with Crippen molar-refractivity contribution in [3.63, 3.8) is 0 Å². The highest BCUT2D eigenvalue weighted by atomic mass is 19.1. The highest BCUT2D eigenvalue weighted by Gasteiger charge is 2.16. The molecule has 0 radical (unpaired) electrons. The van der Waals surface area contributed by atoms with Crippen molar-refractivity contribution in [3.8, 4) is 17.2 Å². The fourth-order valence-electron chi connectivity index (χ4n) is 2.31. The van der Waals surface area contributed by atoms with E-state index < -0.39 is 17.6 Å². The van der Waals surface area contributed by atoms with Crippen LogP contribution in [0.4, 0.5) is 4.39 Å². The first-order valence-corrected chi connectivity index (χ1v) is 7.62. The number of amides is 2. The van der Waals surface area contributed by atoms with Gasteiger partial charge in [0, 0.05) is 0 Å². The molecule has 0 aliphatic rings. The number of benzene rings is 2. The van der Waals surface area contributed by atoms with Crippen molar-refractivity contribution < 1.29 is 28.2 Å². The molecule has 2 amide bonds. The van der Waals surface area contributed by atoms with Crippen molar-refractivity contribution in [2.75, 3.05) is 21.3 Å². The summed E-state index contributed by atoms with van der Waals surface area (Å²) in [5.74, 6) is -0.698. The number of methoxy groups -OCH3 is 3. The molecule has 0 aliphatic heterocycles. The van der Waals surface area contributed by atoms with Crippen LogP contribution in [0.1, 0.15) is 15.9 Å². The van der Waals surface area contributed by atoms with E-state index in [1.165, 1.54) is 39.5 Å². The molecule has 26 heavy (non-hydrogen) atoms. The molecule has 0 atom stereocenters. The average Bonchev–Trinajstić information content (AvgIpc) is 2.65. The number of carbonyl (C=O) groups is 2. The van der Waals surface area contributed by atoms with Crippen LogP contribution in [0.15, 0.2) is 36.4 Å². The summed E-state index contributed by atoms with van der Waals surface area (Å²) >= 11 is 0. The van der Waals surface area contributed by atoms with Crippen LogP contribution in [0.5, 0.6) is 17.2 Å². The third-order valence-electron chi connectivity index (χ3n) is 3.52. The van der Waals surface area contributed by atoms with E-state index in [1.807, 2.05) is 0 Å². The monoisotopic (exact) mass is 362 g/mol. The van der Waals surface area contributed by atoms with Crippen LogP contribution in [-0.2, 0) is 11.2 Å². The highest BCUT2D eigenvalue weighted by Crippen LogP contribution is 2.38. The molecule has 0 unspecified atom stereocenters. The van der Waals surface area contributed by atoms with E-state index in [1.54, 1.807) is 12.1 Å². The lowest BCUT2D eigenvalue weighted by Gasteiger charge is -2.14. The molecule has 0 bridgehead atoms. The van der Waals surface area contributed by atoms with Crippen LogP contribution in [0.3, 0.4) is 0 Å². The summed E-state index contributed by atoms with van der Waals surface area (Å²) in [6.07, 6.45) is -0.0612. The Hall–Kier alpha value is -3.29. The van der Waals surface area contributed by atoms with Gasteiger partial charge in [0.1, 0.15) is 5.82 Å². The van der Waals surface area contributed by atoms with Gasteiger partial charge < -0.3 is 14.2 Å². The SMILES string of the molecule is COc1cc(CC(=O)NNC(=O)c2ccccc2F)cc(OC)c1OC. The van der Waals surface area contributed by atoms with E-state index in [-0.39, 0.29) is 12.0 Å². The first kappa shape index (κ1) is 19.0. The minimum atomic E-state index is -0.749. The number of hydrogen-bond donors (Lipinski definition) is 2. The average molecular weight is 362 g/mol. The van der Waals surface area contributed by atoms with Gasteiger partial charge in [-0.25, -0.2) is 4.39 Å². The summed E-state index contributed by atoms with van der Waals surface area (Å²) in [7, 11) is 4.41. The maximum atomic E-state index is 13.5. The van der Waals surface area contributed by atoms with Gasteiger partial charge in [0.25, 0.3) is 5.91 Å². The van der Waals surface area contributed by atoms with Gasteiger partial charge in [0.05, 0.1) is 33.3 Å². The molecule has 0 fully saturated rings. The van der Waals surface area contributed by atoms with E-state index in [2.05, 4.69) is 10.9 Å². The van der Waals surface area contributed by atoms with Crippen molar-refractivity contribution in [1.82, 2.24) is 10.9 Å². The minimum absolute atomic E-state index is 0.0612. The van der Waals surface area contributed by atoms with Gasteiger partial charge in [0.15, 0.2) is 11.5 Å². The minimum Gasteiger partial charge on any atom is -0.493 e. The Kier molecular flexibility index (Phi) is 6.37. The van der Waals surface area contributed by atoms with Crippen molar-refractivity contribution >= 4 is 11.8 Å². The van der Waals surface area contributed by atoms with Gasteiger partial charge in [-0.05, 0) is 29.8 Å². The molecule has 0 spiro atoms. The predicted octanol–water partition coefficient (Wildman–Crippen LogP) is 1.86. The van der Waals surface area contributed by atoms with Crippen LogP contribution < -0.4 is 25.1 Å². The summed E-state index contributed by atoms with van der Waals surface area (Å²) < 4.78 is 29.2. The standard InChI is InChI=1S/C18H19FN2O5/c1-24-14-8-11(9-15(25-2)17(14)26-3)10-16(22)20-21-18(23)12-6-4-5-7-13(12)19/h4-9H,10H2,1-3H3,(H,20,22)(H,21,23). The number of hydrogen-bond acceptors (Lipinski definition) is 5. The fraction of sp³-hybridized carbons (Fsp3) is 0.222. The number of hydrazine groups is 1. The second-order valence-electron chi connectivity index (χ2n) is 5.19. The Bertz CT molecular complexity index is 785. The Morgan fingerprint density at radius 3 is 2.12 bits per heavy atom. The van der Waals surface area contributed by atoms with E-state index >= 15 is 0 Å². The van der Waals surface area contributed by atoms with Gasteiger partial charge >= 0.3 is 0 Å². The molecule has 0 aliphatic carbocycles. The molecule has 0 saturated heterocycles. The normalized spacial score (nSPS) is 10.0. The molecule has 2 aromatic carbocycles. The molecule has 2 aromatic rings. The zero-order valence-corrected chi connectivity index (χ0v) is 14.6. The summed E-state index contributed by atoms with van der Waals surface area (Å²) in [4.78, 5) is 23.9. The largest absolute Gasteiger partial charge is 0.493 e. The van der Waals surface area contributed by atoms with Crippen molar-refractivity contribution in [3.05, 3.63) is 53.3 Å². The van der Waals surface area contributed by atoms with Crippen LogP contribution in [0.2, 0.25) is 0 Å². The van der Waals surface area contributed by atoms with Gasteiger partial charge in [-0.1, -0.05) is 12.1 Å². The highest BCUT2D eigenvalue weighted by molar-refractivity contribution is 5.95. The zero-order chi connectivity index (χ0) is 19.1. The number of halogens is 1. The zero-order valence-electron chi connectivity index (χ0n) is 14.6. The summed E-state index contributed by atoms with van der Waals surface area (Å²) in [5, 5.41) is 0. The molecule has 7 nitrogen and oxygen atoms in total. The van der Waals surface area contributed by atoms with E-state index in [4.69, 9.17) is 14.2 Å². The first-order chi connectivity index (χ1) is 12.5. The van der Waals surface area contributed by atoms with Gasteiger partial charge in [-0.3, -0.25) is 20.4 Å². The lowest BCUT2D eigenvalue weighted by molar-refractivity contribution is -0.121. The molecule has 0 heterocycles. The maximum Gasteiger partial charge on any atom is 0.272 e. The number of ether oxygens (including phenoxy) is 3. The van der Waals surface area contributed by atoms with Gasteiger partial charge in [0.2, 0.25) is 11.7 Å². The molecule has 138 valence electrons. The van der Waals surface area contributed by atoms with E-state index in [9.17, 15) is 14.0 Å². The van der Waals surface area contributed by atoms with Crippen LogP contribution in [0, 0.1) is 5.82 Å². The summed E-state index contributed by atoms with van der Waals surface area (Å²) in [6, 6.07) is 8.72. The van der Waals surface area contributed by atoms with Gasteiger partial charge in [-0.2, -0.15) is 0 Å². The molecular weight excluding hydrogens is 343 g/mol. The fourth-order valence-corrected chi connectivity index (χ4v) is 2.31. The third kappa shape index (κ3) is 4.41. The molecule has 8 heteroatoms. The summed E-state index contributed by atoms with van der Waals surface area (Å²) in [6.45, 7) is 0. The van der Waals surface area contributed by atoms with E-state index in [0.29, 0.717) is 22.8 Å². The van der Waals surface area contributed by atoms with Crippen LogP contribution in [-0.4, -0.2) is 33.1 Å². The van der Waals surface area contributed by atoms with Crippen molar-refractivity contribution in [1.29, 1.82) is 0 Å². The second-order valence-corrected chi connectivity index (χ2v) is 5.19. The number of rotatable bonds is 6. The number of carbonyl (C=O) groups excluding carboxylic acids is 2. The molecule has 0 aromatic heterocycles. The smallest absolute Gasteiger partial charge is 0.272 e. The van der Waals surface area contributed by atoms with Crippen molar-refractivity contribution in [2.45, 2.75) is 6.42 Å².